The first-order valence-electron chi connectivity index (χ1n) is 11.6. The van der Waals surface area contributed by atoms with E-state index in [9.17, 15) is 0 Å². The van der Waals surface area contributed by atoms with E-state index in [1.54, 1.807) is 0 Å². The molecule has 174 valence electrons. The lowest BCUT2D eigenvalue weighted by molar-refractivity contribution is 0.294. The number of nitrogens with zero attached hydrogens (tertiary/aromatic N) is 4. The summed E-state index contributed by atoms with van der Waals surface area (Å²) in [5, 5.41) is 1.05. The minimum absolute atomic E-state index is 0.519. The number of aromatic nitrogens is 2. The molecule has 0 fully saturated rings. The van der Waals surface area contributed by atoms with E-state index in [0.29, 0.717) is 10.0 Å². The second kappa shape index (κ2) is 11.9. The Morgan fingerprint density at radius 2 is 1.34 bits per heavy atom. The van der Waals surface area contributed by atoms with Crippen LogP contribution in [0.2, 0.25) is 10.0 Å². The van der Waals surface area contributed by atoms with Crippen molar-refractivity contribution in [2.24, 2.45) is 0 Å². The first-order valence-corrected chi connectivity index (χ1v) is 12.4. The molecule has 0 aliphatic carbocycles. The van der Waals surface area contributed by atoms with Gasteiger partial charge in [0.25, 0.3) is 0 Å². The first-order chi connectivity index (χ1) is 15.5. The SMILES string of the molecule is CCN(CC)CCN(CCN(CC)CC)c1ccccc1-c1nc2cc(Cl)c(Cl)cc2[nH]1. The van der Waals surface area contributed by atoms with Crippen molar-refractivity contribution in [2.75, 3.05) is 57.3 Å². The fourth-order valence-corrected chi connectivity index (χ4v) is 4.36. The van der Waals surface area contributed by atoms with Crippen molar-refractivity contribution >= 4 is 39.9 Å². The Morgan fingerprint density at radius 3 is 1.94 bits per heavy atom. The lowest BCUT2D eigenvalue weighted by Gasteiger charge is -2.31. The average molecular weight is 476 g/mol. The van der Waals surface area contributed by atoms with Crippen LogP contribution in [0, 0.1) is 0 Å². The highest BCUT2D eigenvalue weighted by Gasteiger charge is 2.17. The Morgan fingerprint density at radius 1 is 0.781 bits per heavy atom. The third-order valence-electron chi connectivity index (χ3n) is 6.18. The van der Waals surface area contributed by atoms with Gasteiger partial charge in [-0.15, -0.1) is 0 Å². The predicted molar refractivity (Wildman–Crippen MR) is 139 cm³/mol. The van der Waals surface area contributed by atoms with Crippen molar-refractivity contribution in [3.05, 3.63) is 46.4 Å². The molecular formula is C25H35Cl2N5. The molecule has 2 aromatic carbocycles. The third-order valence-corrected chi connectivity index (χ3v) is 6.91. The predicted octanol–water partition coefficient (Wildman–Crippen LogP) is 6.03. The number of nitrogens with one attached hydrogen (secondary N) is 1. The van der Waals surface area contributed by atoms with Crippen LogP contribution in [0.1, 0.15) is 27.7 Å². The summed E-state index contributed by atoms with van der Waals surface area (Å²) in [6, 6.07) is 12.2. The summed E-state index contributed by atoms with van der Waals surface area (Å²) in [7, 11) is 0. The van der Waals surface area contributed by atoms with Gasteiger partial charge in [0.2, 0.25) is 0 Å². The smallest absolute Gasteiger partial charge is 0.140 e. The number of halogens is 2. The number of rotatable bonds is 12. The maximum absolute atomic E-state index is 6.22. The molecule has 5 nitrogen and oxygen atoms in total. The number of anilines is 1. The molecule has 0 atom stereocenters. The number of H-pyrrole nitrogens is 1. The third kappa shape index (κ3) is 5.96. The van der Waals surface area contributed by atoms with Crippen LogP contribution in [0.5, 0.6) is 0 Å². The number of likely N-dealkylation sites (N-methyl/N-ethyl adjacent to an activating group) is 2. The van der Waals surface area contributed by atoms with E-state index in [0.717, 1.165) is 74.8 Å². The molecule has 0 saturated heterocycles. The quantitative estimate of drug-likeness (QED) is 0.347. The maximum atomic E-state index is 6.22. The zero-order valence-electron chi connectivity index (χ0n) is 19.7. The van der Waals surface area contributed by atoms with Crippen LogP contribution in [-0.4, -0.2) is 72.1 Å². The zero-order valence-corrected chi connectivity index (χ0v) is 21.2. The van der Waals surface area contributed by atoms with Gasteiger partial charge >= 0.3 is 0 Å². The van der Waals surface area contributed by atoms with Crippen LogP contribution in [0.25, 0.3) is 22.4 Å². The number of aromatic amines is 1. The number of para-hydroxylation sites is 1. The van der Waals surface area contributed by atoms with Gasteiger partial charge in [-0.2, -0.15) is 0 Å². The van der Waals surface area contributed by atoms with Gasteiger partial charge in [-0.05, 0) is 50.4 Å². The van der Waals surface area contributed by atoms with Gasteiger partial charge in [-0.1, -0.05) is 63.0 Å². The van der Waals surface area contributed by atoms with E-state index in [4.69, 9.17) is 28.2 Å². The zero-order chi connectivity index (χ0) is 23.1. The molecule has 0 unspecified atom stereocenters. The molecule has 0 radical (unpaired) electrons. The van der Waals surface area contributed by atoms with E-state index in [1.807, 2.05) is 12.1 Å². The summed E-state index contributed by atoms with van der Waals surface area (Å²) >= 11 is 12.4. The fraction of sp³-hybridized carbons (Fsp3) is 0.480. The molecule has 0 aliphatic rings. The summed E-state index contributed by atoms with van der Waals surface area (Å²) in [6.07, 6.45) is 0. The minimum atomic E-state index is 0.519. The van der Waals surface area contributed by atoms with Gasteiger partial charge < -0.3 is 19.7 Å². The topological polar surface area (TPSA) is 38.4 Å². The van der Waals surface area contributed by atoms with Gasteiger partial charge in [0.15, 0.2) is 0 Å². The highest BCUT2D eigenvalue weighted by molar-refractivity contribution is 6.42. The van der Waals surface area contributed by atoms with E-state index in [2.05, 4.69) is 71.6 Å². The Hall–Kier alpha value is -1.79. The lowest BCUT2D eigenvalue weighted by atomic mass is 10.1. The van der Waals surface area contributed by atoms with Gasteiger partial charge in [-0.25, -0.2) is 4.98 Å². The second-order valence-corrected chi connectivity index (χ2v) is 8.74. The van der Waals surface area contributed by atoms with Crippen molar-refractivity contribution in [1.29, 1.82) is 0 Å². The average Bonchev–Trinajstić information content (AvgIpc) is 3.21. The standard InChI is InChI=1S/C25H35Cl2N5/c1-5-30(6-2)13-15-32(16-14-31(7-3)8-4)24-12-10-9-11-19(24)25-28-22-17-20(26)21(27)18-23(22)29-25/h9-12,17-18H,5-8,13-16H2,1-4H3,(H,28,29). The molecule has 1 N–H and O–H groups in total. The number of benzene rings is 2. The summed E-state index contributed by atoms with van der Waals surface area (Å²) in [6.45, 7) is 17.2. The Bertz CT molecular complexity index is 940. The molecule has 0 spiro atoms. The molecule has 0 bridgehead atoms. The molecule has 7 heteroatoms. The largest absolute Gasteiger partial charge is 0.368 e. The van der Waals surface area contributed by atoms with Gasteiger partial charge in [-0.3, -0.25) is 0 Å². The highest BCUT2D eigenvalue weighted by Crippen LogP contribution is 2.33. The Balaban J connectivity index is 1.95. The summed E-state index contributed by atoms with van der Waals surface area (Å²) in [4.78, 5) is 15.7. The molecule has 1 aromatic heterocycles. The minimum Gasteiger partial charge on any atom is -0.368 e. The number of imidazole rings is 1. The van der Waals surface area contributed by atoms with Crippen LogP contribution >= 0.6 is 23.2 Å². The van der Waals surface area contributed by atoms with Gasteiger partial charge in [0.1, 0.15) is 5.82 Å². The van der Waals surface area contributed by atoms with Crippen molar-refractivity contribution in [3.63, 3.8) is 0 Å². The molecule has 1 heterocycles. The summed E-state index contributed by atoms with van der Waals surface area (Å²) < 4.78 is 0. The highest BCUT2D eigenvalue weighted by atomic mass is 35.5. The number of hydrogen-bond donors (Lipinski definition) is 1. The van der Waals surface area contributed by atoms with Crippen LogP contribution in [0.15, 0.2) is 36.4 Å². The van der Waals surface area contributed by atoms with Crippen molar-refractivity contribution < 1.29 is 0 Å². The van der Waals surface area contributed by atoms with Crippen LogP contribution in [0.3, 0.4) is 0 Å². The van der Waals surface area contributed by atoms with E-state index < -0.39 is 0 Å². The van der Waals surface area contributed by atoms with Crippen LogP contribution < -0.4 is 4.90 Å². The number of hydrogen-bond acceptors (Lipinski definition) is 4. The fourth-order valence-electron chi connectivity index (χ4n) is 4.04. The molecule has 32 heavy (non-hydrogen) atoms. The van der Waals surface area contributed by atoms with E-state index >= 15 is 0 Å². The normalized spacial score (nSPS) is 11.8. The lowest BCUT2D eigenvalue weighted by Crippen LogP contribution is -2.40. The van der Waals surface area contributed by atoms with Gasteiger partial charge in [0.05, 0.1) is 21.1 Å². The first kappa shape index (κ1) is 24.8. The Kier molecular flexibility index (Phi) is 9.23. The van der Waals surface area contributed by atoms with Crippen molar-refractivity contribution in [3.8, 4) is 11.4 Å². The number of fused-ring (bicyclic) bond motifs is 1. The molecule has 3 rings (SSSR count). The van der Waals surface area contributed by atoms with Crippen LogP contribution in [0.4, 0.5) is 5.69 Å². The molecular weight excluding hydrogens is 441 g/mol. The molecule has 0 saturated carbocycles. The monoisotopic (exact) mass is 475 g/mol. The molecule has 0 aliphatic heterocycles. The van der Waals surface area contributed by atoms with E-state index in [1.165, 1.54) is 5.69 Å². The molecule has 3 aromatic rings. The van der Waals surface area contributed by atoms with E-state index in [-0.39, 0.29) is 0 Å². The van der Waals surface area contributed by atoms with Crippen LogP contribution in [-0.2, 0) is 0 Å². The van der Waals surface area contributed by atoms with Gasteiger partial charge in [0, 0.05) is 37.4 Å². The van der Waals surface area contributed by atoms with Crippen molar-refractivity contribution in [1.82, 2.24) is 19.8 Å². The van der Waals surface area contributed by atoms with Crippen molar-refractivity contribution in [2.45, 2.75) is 27.7 Å². The molecule has 0 amide bonds. The summed E-state index contributed by atoms with van der Waals surface area (Å²) in [5.41, 5.74) is 4.00. The summed E-state index contributed by atoms with van der Waals surface area (Å²) in [5.74, 6) is 0.838. The maximum Gasteiger partial charge on any atom is 0.140 e. The second-order valence-electron chi connectivity index (χ2n) is 7.93. The Labute approximate surface area is 202 Å².